The van der Waals surface area contributed by atoms with Crippen molar-refractivity contribution in [2.45, 2.75) is 48.8 Å². The summed E-state index contributed by atoms with van der Waals surface area (Å²) in [7, 11) is 1.55. The van der Waals surface area contributed by atoms with Crippen LogP contribution in [0.4, 0.5) is 0 Å². The Morgan fingerprint density at radius 1 is 1.33 bits per heavy atom. The lowest BCUT2D eigenvalue weighted by molar-refractivity contribution is -0.306. The number of methoxy groups -OCH3 is 1. The van der Waals surface area contributed by atoms with Crippen molar-refractivity contribution in [3.05, 3.63) is 46.3 Å². The van der Waals surface area contributed by atoms with Crippen LogP contribution in [-0.2, 0) is 24.7 Å². The number of ether oxygens (including phenoxy) is 4. The summed E-state index contributed by atoms with van der Waals surface area (Å²) >= 11 is 1.70. The highest BCUT2D eigenvalue weighted by atomic mass is 32.2. The van der Waals surface area contributed by atoms with Crippen molar-refractivity contribution in [2.75, 3.05) is 13.7 Å². The molecule has 130 valence electrons. The monoisotopic (exact) mass is 351 g/mol. The second kappa shape index (κ2) is 8.20. The maximum absolute atomic E-state index is 8.96. The van der Waals surface area contributed by atoms with Gasteiger partial charge in [-0.15, -0.1) is 0 Å². The van der Waals surface area contributed by atoms with Crippen LogP contribution in [0.3, 0.4) is 0 Å². The summed E-state index contributed by atoms with van der Waals surface area (Å²) in [5, 5.41) is 3.86. The van der Waals surface area contributed by atoms with Crippen LogP contribution in [0.25, 0.3) is 10.4 Å². The summed E-state index contributed by atoms with van der Waals surface area (Å²) in [5.74, 6) is 0.793. The van der Waals surface area contributed by atoms with Gasteiger partial charge in [0, 0.05) is 23.0 Å². The Balaban J connectivity index is 1.81. The van der Waals surface area contributed by atoms with E-state index in [0.29, 0.717) is 6.61 Å². The summed E-state index contributed by atoms with van der Waals surface area (Å²) in [4.78, 5) is 2.98. The normalized spacial score (nSPS) is 35.8. The van der Waals surface area contributed by atoms with E-state index in [2.05, 4.69) is 22.2 Å². The molecule has 2 heterocycles. The molecule has 0 aliphatic carbocycles. The zero-order chi connectivity index (χ0) is 16.9. The largest absolute Gasteiger partial charge is 0.355 e. The number of nitrogens with zero attached hydrogens (tertiary/aromatic N) is 3. The third-order valence-corrected chi connectivity index (χ3v) is 5.59. The van der Waals surface area contributed by atoms with Crippen LogP contribution in [0.1, 0.15) is 12.5 Å². The summed E-state index contributed by atoms with van der Waals surface area (Å²) in [5.41, 5.74) is 10.2. The second-order valence-electron chi connectivity index (χ2n) is 5.74. The Hall–Kier alpha value is -1.28. The molecule has 1 aromatic carbocycles. The molecule has 6 unspecified atom stereocenters. The van der Waals surface area contributed by atoms with E-state index >= 15 is 0 Å². The minimum atomic E-state index is -0.601. The lowest BCUT2D eigenvalue weighted by Gasteiger charge is -2.47. The Morgan fingerprint density at radius 2 is 2.12 bits per heavy atom. The van der Waals surface area contributed by atoms with E-state index in [0.717, 1.165) is 5.75 Å². The van der Waals surface area contributed by atoms with Crippen molar-refractivity contribution in [3.8, 4) is 0 Å². The van der Waals surface area contributed by atoms with Gasteiger partial charge < -0.3 is 18.9 Å². The fourth-order valence-corrected chi connectivity index (χ4v) is 4.40. The van der Waals surface area contributed by atoms with Crippen molar-refractivity contribution >= 4 is 11.8 Å². The lowest BCUT2D eigenvalue weighted by Crippen LogP contribution is -2.61. The second-order valence-corrected chi connectivity index (χ2v) is 6.90. The molecule has 2 aliphatic heterocycles. The van der Waals surface area contributed by atoms with Crippen LogP contribution in [0.15, 0.2) is 35.4 Å². The number of hydrogen-bond donors (Lipinski definition) is 0. The smallest absolute Gasteiger partial charge is 0.167 e. The third-order valence-electron chi connectivity index (χ3n) is 4.16. The average Bonchev–Trinajstić information content (AvgIpc) is 2.61. The molecular formula is C16H21N3O4S. The summed E-state index contributed by atoms with van der Waals surface area (Å²) in [6.45, 7) is 2.30. The first-order chi connectivity index (χ1) is 11.7. The van der Waals surface area contributed by atoms with Crippen molar-refractivity contribution in [2.24, 2.45) is 5.11 Å². The Bertz CT molecular complexity index is 584. The molecule has 1 aromatic rings. The lowest BCUT2D eigenvalue weighted by atomic mass is 9.99. The molecule has 7 nitrogen and oxygen atoms in total. The number of rotatable bonds is 5. The van der Waals surface area contributed by atoms with Gasteiger partial charge in [0.15, 0.2) is 12.6 Å². The molecule has 0 saturated carbocycles. The fraction of sp³-hybridized carbons (Fsp3) is 0.625. The molecule has 6 atom stereocenters. The molecule has 8 heteroatoms. The van der Waals surface area contributed by atoms with E-state index in [9.17, 15) is 0 Å². The molecule has 2 fully saturated rings. The SMILES string of the molecule is COC1OC2COC(C)OC2C(SCc2ccccc2)C1N=[N+]=[N-]. The topological polar surface area (TPSA) is 85.7 Å². The average molecular weight is 351 g/mol. The molecule has 0 N–H and O–H groups in total. The molecule has 0 spiro atoms. The maximum atomic E-state index is 8.96. The molecule has 3 rings (SSSR count). The van der Waals surface area contributed by atoms with Gasteiger partial charge in [0.05, 0.1) is 6.61 Å². The van der Waals surface area contributed by atoms with E-state index in [1.54, 1.807) is 18.9 Å². The van der Waals surface area contributed by atoms with Crippen molar-refractivity contribution in [3.63, 3.8) is 0 Å². The van der Waals surface area contributed by atoms with Crippen molar-refractivity contribution in [1.82, 2.24) is 0 Å². The Kier molecular flexibility index (Phi) is 5.99. The first-order valence-electron chi connectivity index (χ1n) is 7.88. The highest BCUT2D eigenvalue weighted by Gasteiger charge is 2.49. The molecule has 0 amide bonds. The highest BCUT2D eigenvalue weighted by Crippen LogP contribution is 2.38. The summed E-state index contributed by atoms with van der Waals surface area (Å²) in [6.07, 6.45) is -1.34. The summed E-state index contributed by atoms with van der Waals surface area (Å²) < 4.78 is 22.8. The van der Waals surface area contributed by atoms with Gasteiger partial charge in [0.25, 0.3) is 0 Å². The van der Waals surface area contributed by atoms with Crippen molar-refractivity contribution in [1.29, 1.82) is 0 Å². The highest BCUT2D eigenvalue weighted by molar-refractivity contribution is 7.99. The number of azide groups is 1. The van der Waals surface area contributed by atoms with Crippen LogP contribution >= 0.6 is 11.8 Å². The fourth-order valence-electron chi connectivity index (χ4n) is 3.02. The van der Waals surface area contributed by atoms with Crippen LogP contribution in [-0.4, -0.2) is 49.8 Å². The molecule has 0 aromatic heterocycles. The van der Waals surface area contributed by atoms with Crippen LogP contribution in [0.2, 0.25) is 0 Å². The van der Waals surface area contributed by atoms with E-state index in [1.165, 1.54) is 5.56 Å². The predicted molar refractivity (Wildman–Crippen MR) is 90.4 cm³/mol. The van der Waals surface area contributed by atoms with Crippen LogP contribution in [0.5, 0.6) is 0 Å². The van der Waals surface area contributed by atoms with Gasteiger partial charge in [0.2, 0.25) is 0 Å². The molecule has 24 heavy (non-hydrogen) atoms. The van der Waals surface area contributed by atoms with E-state index < -0.39 is 12.3 Å². The Morgan fingerprint density at radius 3 is 2.83 bits per heavy atom. The first-order valence-corrected chi connectivity index (χ1v) is 8.93. The van der Waals surface area contributed by atoms with E-state index in [-0.39, 0.29) is 23.7 Å². The van der Waals surface area contributed by atoms with Gasteiger partial charge in [-0.3, -0.25) is 0 Å². The third kappa shape index (κ3) is 3.85. The molecular weight excluding hydrogens is 330 g/mol. The van der Waals surface area contributed by atoms with Crippen LogP contribution in [0, 0.1) is 0 Å². The van der Waals surface area contributed by atoms with Gasteiger partial charge in [-0.2, -0.15) is 11.8 Å². The quantitative estimate of drug-likeness (QED) is 0.462. The van der Waals surface area contributed by atoms with Gasteiger partial charge >= 0.3 is 0 Å². The minimum absolute atomic E-state index is 0.0730. The zero-order valence-electron chi connectivity index (χ0n) is 13.6. The minimum Gasteiger partial charge on any atom is -0.355 e. The van der Waals surface area contributed by atoms with Crippen molar-refractivity contribution < 1.29 is 18.9 Å². The molecule has 0 bridgehead atoms. The molecule has 2 saturated heterocycles. The van der Waals surface area contributed by atoms with Gasteiger partial charge in [-0.05, 0) is 18.0 Å². The number of fused-ring (bicyclic) bond motifs is 1. The van der Waals surface area contributed by atoms with Gasteiger partial charge in [-0.1, -0.05) is 35.4 Å². The number of hydrogen-bond acceptors (Lipinski definition) is 6. The zero-order valence-corrected chi connectivity index (χ0v) is 14.5. The van der Waals surface area contributed by atoms with Crippen LogP contribution < -0.4 is 0 Å². The maximum Gasteiger partial charge on any atom is 0.167 e. The van der Waals surface area contributed by atoms with Gasteiger partial charge in [-0.25, -0.2) is 0 Å². The number of thioether (sulfide) groups is 1. The Labute approximate surface area is 145 Å². The summed E-state index contributed by atoms with van der Waals surface area (Å²) in [6, 6.07) is 9.71. The number of benzene rings is 1. The van der Waals surface area contributed by atoms with Gasteiger partial charge in [0.1, 0.15) is 18.2 Å². The van der Waals surface area contributed by atoms with E-state index in [4.69, 9.17) is 24.5 Å². The van der Waals surface area contributed by atoms with E-state index in [1.807, 2.05) is 25.1 Å². The predicted octanol–water partition coefficient (Wildman–Crippen LogP) is 3.10. The molecule has 2 aliphatic rings. The standard InChI is InChI=1S/C16H21N3O4S/c1-10-21-8-12-14(22-10)15(13(18-19-17)16(20-2)23-12)24-9-11-6-4-3-5-7-11/h3-7,10,12-16H,8-9H2,1-2H3. The molecule has 0 radical (unpaired) electrons. The first kappa shape index (κ1) is 17.5.